The molecule has 2 N–H and O–H groups in total. The van der Waals surface area contributed by atoms with Crippen LogP contribution < -0.4 is 10.6 Å². The van der Waals surface area contributed by atoms with Gasteiger partial charge in [-0.3, -0.25) is 14.5 Å². The van der Waals surface area contributed by atoms with E-state index in [0.717, 1.165) is 95.2 Å². The fraction of sp³-hybridized carbons (Fsp3) is 0.750. The molecular formula is C32H49N3O2. The number of amides is 2. The van der Waals surface area contributed by atoms with Crippen molar-refractivity contribution in [2.75, 3.05) is 19.6 Å². The predicted molar refractivity (Wildman–Crippen MR) is 149 cm³/mol. The number of nitrogens with zero attached hydrogens (tertiary/aromatic N) is 1. The first-order valence-electron chi connectivity index (χ1n) is 15.3. The Balaban J connectivity index is 1.12. The summed E-state index contributed by atoms with van der Waals surface area (Å²) in [4.78, 5) is 29.2. The Morgan fingerprint density at radius 3 is 2.32 bits per heavy atom. The average Bonchev–Trinajstić information content (AvgIpc) is 3.31. The van der Waals surface area contributed by atoms with Gasteiger partial charge in [0.15, 0.2) is 0 Å². The molecule has 2 amide bonds. The third-order valence-corrected chi connectivity index (χ3v) is 9.77. The number of rotatable bonds is 12. The summed E-state index contributed by atoms with van der Waals surface area (Å²) in [5.74, 6) is 3.35. The number of likely N-dealkylation sites (tertiary alicyclic amines) is 1. The molecule has 0 aromatic heterocycles. The van der Waals surface area contributed by atoms with Crippen LogP contribution in [-0.4, -0.2) is 48.4 Å². The molecule has 37 heavy (non-hydrogen) atoms. The molecule has 4 saturated carbocycles. The number of aryl methyl sites for hydroxylation is 1. The second-order valence-corrected chi connectivity index (χ2v) is 13.4. The lowest BCUT2D eigenvalue weighted by molar-refractivity contribution is -0.147. The summed E-state index contributed by atoms with van der Waals surface area (Å²) >= 11 is 0. The van der Waals surface area contributed by atoms with Gasteiger partial charge >= 0.3 is 0 Å². The molecule has 5 nitrogen and oxygen atoms in total. The SMILES string of the molecule is CC(C)C[C@@H](CN1CCC[C@H]1C(=O)NCCCCc1ccccc1)NC(=O)C12CC3CC(CC(C3)C1)C2. The summed E-state index contributed by atoms with van der Waals surface area (Å²) < 4.78 is 0. The second-order valence-electron chi connectivity index (χ2n) is 13.4. The first kappa shape index (κ1) is 26.7. The van der Waals surface area contributed by atoms with Crippen molar-refractivity contribution in [2.24, 2.45) is 29.1 Å². The molecular weight excluding hydrogens is 458 g/mol. The summed E-state index contributed by atoms with van der Waals surface area (Å²) in [5.41, 5.74) is 1.26. The normalized spacial score (nSPS) is 31.5. The molecule has 5 fully saturated rings. The van der Waals surface area contributed by atoms with Crippen molar-refractivity contribution >= 4 is 11.8 Å². The van der Waals surface area contributed by atoms with Crippen molar-refractivity contribution in [2.45, 2.75) is 103 Å². The molecule has 5 aliphatic rings. The lowest BCUT2D eigenvalue weighted by Gasteiger charge is -2.56. The van der Waals surface area contributed by atoms with Gasteiger partial charge in [0.2, 0.25) is 11.8 Å². The maximum Gasteiger partial charge on any atom is 0.237 e. The van der Waals surface area contributed by atoms with Crippen LogP contribution in [0.2, 0.25) is 0 Å². The van der Waals surface area contributed by atoms with Gasteiger partial charge in [0.05, 0.1) is 6.04 Å². The van der Waals surface area contributed by atoms with Gasteiger partial charge in [-0.25, -0.2) is 0 Å². The van der Waals surface area contributed by atoms with E-state index in [1.165, 1.54) is 24.8 Å². The maximum atomic E-state index is 13.8. The fourth-order valence-corrected chi connectivity index (χ4v) is 8.53. The molecule has 6 rings (SSSR count). The van der Waals surface area contributed by atoms with E-state index >= 15 is 0 Å². The van der Waals surface area contributed by atoms with Gasteiger partial charge in [0.25, 0.3) is 0 Å². The average molecular weight is 508 g/mol. The number of unbranched alkanes of at least 4 members (excludes halogenated alkanes) is 1. The third kappa shape index (κ3) is 6.58. The van der Waals surface area contributed by atoms with E-state index < -0.39 is 0 Å². The van der Waals surface area contributed by atoms with Gasteiger partial charge in [0.1, 0.15) is 0 Å². The van der Waals surface area contributed by atoms with Gasteiger partial charge in [-0.15, -0.1) is 0 Å². The predicted octanol–water partition coefficient (Wildman–Crippen LogP) is 5.34. The summed E-state index contributed by atoms with van der Waals surface area (Å²) in [6.07, 6.45) is 13.5. The summed E-state index contributed by atoms with van der Waals surface area (Å²) in [7, 11) is 0. The van der Waals surface area contributed by atoms with Crippen LogP contribution in [0.1, 0.15) is 90.0 Å². The zero-order valence-electron chi connectivity index (χ0n) is 23.2. The van der Waals surface area contributed by atoms with Gasteiger partial charge in [-0.1, -0.05) is 44.2 Å². The topological polar surface area (TPSA) is 61.4 Å². The molecule has 2 atom stereocenters. The Hall–Kier alpha value is -1.88. The Labute approximate surface area is 224 Å². The highest BCUT2D eigenvalue weighted by Gasteiger charge is 2.54. The maximum absolute atomic E-state index is 13.8. The molecule has 5 heteroatoms. The highest BCUT2D eigenvalue weighted by Crippen LogP contribution is 2.60. The van der Waals surface area contributed by atoms with Crippen molar-refractivity contribution in [1.29, 1.82) is 0 Å². The van der Waals surface area contributed by atoms with Gasteiger partial charge in [-0.05, 0) is 113 Å². The smallest absolute Gasteiger partial charge is 0.237 e. The monoisotopic (exact) mass is 507 g/mol. The Morgan fingerprint density at radius 2 is 1.68 bits per heavy atom. The zero-order chi connectivity index (χ0) is 25.8. The molecule has 0 spiro atoms. The van der Waals surface area contributed by atoms with E-state index in [2.05, 4.69) is 59.7 Å². The van der Waals surface area contributed by atoms with Crippen LogP contribution in [0.25, 0.3) is 0 Å². The minimum absolute atomic E-state index is 0.0553. The number of hydrogen-bond acceptors (Lipinski definition) is 3. The molecule has 1 heterocycles. The van der Waals surface area contributed by atoms with Gasteiger partial charge in [-0.2, -0.15) is 0 Å². The van der Waals surface area contributed by atoms with Crippen molar-refractivity contribution in [3.8, 4) is 0 Å². The number of carbonyl (C=O) groups is 2. The first-order chi connectivity index (χ1) is 17.9. The van der Waals surface area contributed by atoms with E-state index in [1.54, 1.807) is 0 Å². The first-order valence-corrected chi connectivity index (χ1v) is 15.3. The van der Waals surface area contributed by atoms with E-state index in [9.17, 15) is 9.59 Å². The molecule has 1 aromatic rings. The van der Waals surface area contributed by atoms with Crippen molar-refractivity contribution in [3.05, 3.63) is 35.9 Å². The van der Waals surface area contributed by atoms with Crippen LogP contribution in [0, 0.1) is 29.1 Å². The second kappa shape index (κ2) is 11.9. The summed E-state index contributed by atoms with van der Waals surface area (Å²) in [6.45, 7) is 6.98. The van der Waals surface area contributed by atoms with Crippen LogP contribution >= 0.6 is 0 Å². The van der Waals surface area contributed by atoms with Gasteiger partial charge < -0.3 is 10.6 Å². The van der Waals surface area contributed by atoms with E-state index in [0.29, 0.717) is 11.8 Å². The molecule has 4 aliphatic carbocycles. The molecule has 0 unspecified atom stereocenters. The highest BCUT2D eigenvalue weighted by atomic mass is 16.2. The van der Waals surface area contributed by atoms with Crippen molar-refractivity contribution < 1.29 is 9.59 Å². The van der Waals surface area contributed by atoms with Crippen LogP contribution in [0.4, 0.5) is 0 Å². The molecule has 1 aromatic carbocycles. The Bertz CT molecular complexity index is 879. The summed E-state index contributed by atoms with van der Waals surface area (Å²) in [6, 6.07) is 10.6. The molecule has 4 bridgehead atoms. The standard InChI is InChI=1S/C32H49N3O2/c1-23(2)15-28(34-31(37)32-19-25-16-26(20-32)18-27(17-25)21-32)22-35-14-8-12-29(35)30(36)33-13-7-6-11-24-9-4-3-5-10-24/h3-5,9-10,23,25-29H,6-8,11-22H2,1-2H3,(H,33,36)(H,34,37)/t25?,26?,27?,28-,29-,32?/m0/s1. The minimum Gasteiger partial charge on any atom is -0.355 e. The van der Waals surface area contributed by atoms with E-state index in [-0.39, 0.29) is 23.4 Å². The number of nitrogens with one attached hydrogen (secondary N) is 2. The lowest BCUT2D eigenvalue weighted by atomic mass is 9.49. The van der Waals surface area contributed by atoms with E-state index in [4.69, 9.17) is 0 Å². The van der Waals surface area contributed by atoms with Crippen LogP contribution in [0.15, 0.2) is 30.3 Å². The Morgan fingerprint density at radius 1 is 1.00 bits per heavy atom. The Kier molecular flexibility index (Phi) is 8.58. The lowest BCUT2D eigenvalue weighted by Crippen LogP contribution is -2.57. The number of benzene rings is 1. The van der Waals surface area contributed by atoms with Crippen molar-refractivity contribution in [1.82, 2.24) is 15.5 Å². The number of carbonyl (C=O) groups excluding carboxylic acids is 2. The molecule has 0 radical (unpaired) electrons. The fourth-order valence-electron chi connectivity index (χ4n) is 8.53. The zero-order valence-corrected chi connectivity index (χ0v) is 23.2. The third-order valence-electron chi connectivity index (χ3n) is 9.77. The minimum atomic E-state index is -0.106. The summed E-state index contributed by atoms with van der Waals surface area (Å²) in [5, 5.41) is 6.77. The quantitative estimate of drug-likeness (QED) is 0.376. The van der Waals surface area contributed by atoms with Crippen LogP contribution in [0.3, 0.4) is 0 Å². The van der Waals surface area contributed by atoms with Gasteiger partial charge in [0, 0.05) is 24.5 Å². The number of hydrogen-bond donors (Lipinski definition) is 2. The van der Waals surface area contributed by atoms with Crippen molar-refractivity contribution in [3.63, 3.8) is 0 Å². The molecule has 204 valence electrons. The van der Waals surface area contributed by atoms with E-state index in [1.807, 2.05) is 0 Å². The highest BCUT2D eigenvalue weighted by molar-refractivity contribution is 5.84. The van der Waals surface area contributed by atoms with Crippen LogP contribution in [-0.2, 0) is 16.0 Å². The van der Waals surface area contributed by atoms with Crippen LogP contribution in [0.5, 0.6) is 0 Å². The molecule has 1 saturated heterocycles. The largest absolute Gasteiger partial charge is 0.355 e. The molecule has 1 aliphatic heterocycles.